The Balaban J connectivity index is 1.44. The van der Waals surface area contributed by atoms with Gasteiger partial charge >= 0.3 is 0 Å². The number of thioether (sulfide) groups is 1. The molecule has 1 amide bonds. The van der Waals surface area contributed by atoms with Gasteiger partial charge in [0.25, 0.3) is 0 Å². The van der Waals surface area contributed by atoms with Crippen molar-refractivity contribution in [1.82, 2.24) is 19.3 Å². The topological polar surface area (TPSA) is 88.5 Å². The molecule has 1 aliphatic rings. The van der Waals surface area contributed by atoms with E-state index in [9.17, 15) is 10.1 Å². The summed E-state index contributed by atoms with van der Waals surface area (Å²) in [6.07, 6.45) is 11.1. The van der Waals surface area contributed by atoms with Gasteiger partial charge in [-0.15, -0.1) is 28.1 Å². The van der Waals surface area contributed by atoms with Crippen molar-refractivity contribution in [3.8, 4) is 6.07 Å². The molecule has 0 radical (unpaired) electrons. The maximum atomic E-state index is 12.8. The number of aryl methyl sites for hydroxylation is 2. The number of carbonyl (C=O) groups is 1. The molecule has 1 aliphatic carbocycles. The fraction of sp³-hybridized carbons (Fsp3) is 0.417. The third-order valence-corrected chi connectivity index (χ3v) is 8.04. The Morgan fingerprint density at radius 2 is 2.15 bits per heavy atom. The van der Waals surface area contributed by atoms with Crippen molar-refractivity contribution in [3.63, 3.8) is 0 Å². The highest BCUT2D eigenvalue weighted by Crippen LogP contribution is 2.36. The molecule has 0 atom stereocenters. The standard InChI is InChI=1S/C24H28N6OS2/c1-3-12-30-21(14-17-9-8-13-29(17)2)27-28-24(30)32-16-22(31)26-23-19(15-25)18-10-6-4-5-7-11-20(18)33-23/h3,8-9,13H,1,4-7,10-12,14,16H2,2H3,(H,26,31). The number of carbonyl (C=O) groups excluding carboxylic acids is 1. The Morgan fingerprint density at radius 1 is 1.33 bits per heavy atom. The number of allylic oxidation sites excluding steroid dienone is 1. The van der Waals surface area contributed by atoms with Crippen molar-refractivity contribution in [3.05, 3.63) is 58.5 Å². The second-order valence-electron chi connectivity index (χ2n) is 8.16. The normalized spacial score (nSPS) is 13.6. The second-order valence-corrected chi connectivity index (χ2v) is 10.2. The number of nitrogens with zero attached hydrogens (tertiary/aromatic N) is 5. The van der Waals surface area contributed by atoms with E-state index in [4.69, 9.17) is 0 Å². The van der Waals surface area contributed by atoms with Crippen LogP contribution in [0.2, 0.25) is 0 Å². The number of thiophene rings is 1. The number of hydrogen-bond donors (Lipinski definition) is 1. The van der Waals surface area contributed by atoms with Crippen LogP contribution in [0.15, 0.2) is 36.1 Å². The lowest BCUT2D eigenvalue weighted by atomic mass is 9.97. The number of nitriles is 1. The third kappa shape index (κ3) is 5.40. The van der Waals surface area contributed by atoms with Gasteiger partial charge in [-0.3, -0.25) is 4.79 Å². The Kier molecular flexibility index (Phi) is 7.68. The zero-order chi connectivity index (χ0) is 23.2. The van der Waals surface area contributed by atoms with Crippen molar-refractivity contribution in [1.29, 1.82) is 5.26 Å². The first-order valence-corrected chi connectivity index (χ1v) is 13.0. The van der Waals surface area contributed by atoms with E-state index in [0.717, 1.165) is 42.8 Å². The predicted octanol–water partition coefficient (Wildman–Crippen LogP) is 4.72. The van der Waals surface area contributed by atoms with Gasteiger partial charge < -0.3 is 14.5 Å². The highest BCUT2D eigenvalue weighted by molar-refractivity contribution is 7.99. The quantitative estimate of drug-likeness (QED) is 0.372. The van der Waals surface area contributed by atoms with Crippen molar-refractivity contribution in [2.75, 3.05) is 11.1 Å². The average Bonchev–Trinajstić information content (AvgIpc) is 3.45. The van der Waals surface area contributed by atoms with Crippen LogP contribution in [0.3, 0.4) is 0 Å². The van der Waals surface area contributed by atoms with Gasteiger partial charge in [-0.05, 0) is 43.4 Å². The molecule has 0 fully saturated rings. The molecule has 0 aliphatic heterocycles. The van der Waals surface area contributed by atoms with Crippen LogP contribution in [0.5, 0.6) is 0 Å². The van der Waals surface area contributed by atoms with Crippen molar-refractivity contribution in [2.24, 2.45) is 7.05 Å². The molecule has 3 heterocycles. The zero-order valence-corrected chi connectivity index (χ0v) is 20.5. The molecule has 0 aromatic carbocycles. The van der Waals surface area contributed by atoms with E-state index < -0.39 is 0 Å². The summed E-state index contributed by atoms with van der Waals surface area (Å²) in [4.78, 5) is 14.0. The number of nitrogens with one attached hydrogen (secondary N) is 1. The number of anilines is 1. The molecular weight excluding hydrogens is 452 g/mol. The summed E-state index contributed by atoms with van der Waals surface area (Å²) < 4.78 is 4.06. The third-order valence-electron chi connectivity index (χ3n) is 5.86. The zero-order valence-electron chi connectivity index (χ0n) is 18.8. The minimum absolute atomic E-state index is 0.136. The van der Waals surface area contributed by atoms with E-state index in [1.54, 1.807) is 11.3 Å². The maximum Gasteiger partial charge on any atom is 0.235 e. The van der Waals surface area contributed by atoms with E-state index in [1.165, 1.54) is 29.5 Å². The first-order chi connectivity index (χ1) is 16.1. The molecule has 172 valence electrons. The van der Waals surface area contributed by atoms with Gasteiger partial charge in [0, 0.05) is 36.8 Å². The van der Waals surface area contributed by atoms with E-state index >= 15 is 0 Å². The van der Waals surface area contributed by atoms with Crippen LogP contribution in [-0.2, 0) is 37.6 Å². The molecule has 0 bridgehead atoms. The predicted molar refractivity (Wildman–Crippen MR) is 133 cm³/mol. The van der Waals surface area contributed by atoms with Crippen LogP contribution in [0.25, 0.3) is 0 Å². The Labute approximate surface area is 202 Å². The number of hydrogen-bond acceptors (Lipinski definition) is 6. The summed E-state index contributed by atoms with van der Waals surface area (Å²) in [5.41, 5.74) is 2.93. The van der Waals surface area contributed by atoms with Gasteiger partial charge in [-0.25, -0.2) is 0 Å². The lowest BCUT2D eigenvalue weighted by Gasteiger charge is -2.09. The molecule has 0 spiro atoms. The monoisotopic (exact) mass is 480 g/mol. The van der Waals surface area contributed by atoms with Gasteiger partial charge in [0.1, 0.15) is 16.9 Å². The molecular formula is C24H28N6OS2. The van der Waals surface area contributed by atoms with Crippen molar-refractivity contribution in [2.45, 2.75) is 56.6 Å². The first kappa shape index (κ1) is 23.3. The summed E-state index contributed by atoms with van der Waals surface area (Å²) in [5.74, 6) is 0.902. The Hall–Kier alpha value is -2.83. The summed E-state index contributed by atoms with van der Waals surface area (Å²) >= 11 is 2.92. The fourth-order valence-electron chi connectivity index (χ4n) is 4.13. The second kappa shape index (κ2) is 10.9. The van der Waals surface area contributed by atoms with Gasteiger partial charge in [-0.1, -0.05) is 30.7 Å². The highest BCUT2D eigenvalue weighted by Gasteiger charge is 2.21. The molecule has 33 heavy (non-hydrogen) atoms. The lowest BCUT2D eigenvalue weighted by molar-refractivity contribution is -0.113. The van der Waals surface area contributed by atoms with Gasteiger partial charge in [0.15, 0.2) is 5.16 Å². The first-order valence-electron chi connectivity index (χ1n) is 11.2. The van der Waals surface area contributed by atoms with Crippen LogP contribution < -0.4 is 5.32 Å². The maximum absolute atomic E-state index is 12.8. The molecule has 9 heteroatoms. The van der Waals surface area contributed by atoms with Crippen molar-refractivity contribution >= 4 is 34.0 Å². The van der Waals surface area contributed by atoms with Gasteiger partial charge in [0.05, 0.1) is 11.3 Å². The van der Waals surface area contributed by atoms with Gasteiger partial charge in [0.2, 0.25) is 5.91 Å². The molecule has 7 nitrogen and oxygen atoms in total. The van der Waals surface area contributed by atoms with E-state index in [2.05, 4.69) is 38.8 Å². The van der Waals surface area contributed by atoms with Crippen LogP contribution in [-0.4, -0.2) is 31.0 Å². The molecule has 3 aromatic rings. The molecule has 3 aromatic heterocycles. The minimum Gasteiger partial charge on any atom is -0.354 e. The van der Waals surface area contributed by atoms with Gasteiger partial charge in [-0.2, -0.15) is 5.26 Å². The Morgan fingerprint density at radius 3 is 2.88 bits per heavy atom. The van der Waals surface area contributed by atoms with Crippen molar-refractivity contribution < 1.29 is 4.79 Å². The SMILES string of the molecule is C=CCn1c(Cc2cccn2C)nnc1SCC(=O)Nc1sc2c(c1C#N)CCCCCC2. The van der Waals surface area contributed by atoms with E-state index in [1.807, 2.05) is 30.0 Å². The summed E-state index contributed by atoms with van der Waals surface area (Å²) in [6.45, 7) is 4.42. The minimum atomic E-state index is -0.136. The average molecular weight is 481 g/mol. The number of rotatable bonds is 8. The van der Waals surface area contributed by atoms with Crippen LogP contribution >= 0.6 is 23.1 Å². The highest BCUT2D eigenvalue weighted by atomic mass is 32.2. The van der Waals surface area contributed by atoms with Crippen LogP contribution in [0.4, 0.5) is 5.00 Å². The van der Waals surface area contributed by atoms with Crippen LogP contribution in [0.1, 0.15) is 53.2 Å². The molecule has 1 N–H and O–H groups in total. The van der Waals surface area contributed by atoms with E-state index in [0.29, 0.717) is 28.7 Å². The molecule has 0 saturated heterocycles. The summed E-state index contributed by atoms with van der Waals surface area (Å²) in [5, 5.41) is 22.8. The summed E-state index contributed by atoms with van der Waals surface area (Å²) in [7, 11) is 2.00. The smallest absolute Gasteiger partial charge is 0.235 e. The number of fused-ring (bicyclic) bond motifs is 1. The van der Waals surface area contributed by atoms with Crippen LogP contribution in [0, 0.1) is 11.3 Å². The lowest BCUT2D eigenvalue weighted by Crippen LogP contribution is -2.15. The number of aromatic nitrogens is 4. The number of amides is 1. The summed E-state index contributed by atoms with van der Waals surface area (Å²) in [6, 6.07) is 6.40. The Bertz CT molecular complexity index is 1180. The molecule has 4 rings (SSSR count). The molecule has 0 unspecified atom stereocenters. The largest absolute Gasteiger partial charge is 0.354 e. The fourth-order valence-corrected chi connectivity index (χ4v) is 6.15. The molecule has 0 saturated carbocycles. The van der Waals surface area contributed by atoms with E-state index in [-0.39, 0.29) is 11.7 Å².